The van der Waals surface area contributed by atoms with Gasteiger partial charge in [-0.15, -0.1) is 0 Å². The normalized spacial score (nSPS) is 13.7. The zero-order valence-corrected chi connectivity index (χ0v) is 30.0. The Labute approximate surface area is 331 Å². The van der Waals surface area contributed by atoms with Gasteiger partial charge >= 0.3 is 30.9 Å². The third kappa shape index (κ3) is 6.48. The van der Waals surface area contributed by atoms with Crippen LogP contribution in [-0.2, 0) is 37.3 Å². The number of fused-ring (bicyclic) bond motifs is 7. The molecule has 0 N–H and O–H groups in total. The SMILES string of the molecule is N#Cc1cc(-n2c3cc(C(F)(F)F)ccc3c3ccc(C(F)(F)F)cc32)c(-c2cc3c(c(C(F)(F)F)c2)C3)c(-n2c3cc(C(F)(F)F)ccc3c3ccc(C(F)(F)F)cc32)c1. The van der Waals surface area contributed by atoms with Crippen molar-refractivity contribution in [3.63, 3.8) is 0 Å². The molecule has 2 heterocycles. The minimum absolute atomic E-state index is 0.0792. The van der Waals surface area contributed by atoms with Gasteiger partial charge in [0.2, 0.25) is 0 Å². The molecule has 310 valence electrons. The van der Waals surface area contributed by atoms with Crippen molar-refractivity contribution in [3.8, 4) is 28.6 Å². The van der Waals surface area contributed by atoms with E-state index in [9.17, 15) is 71.1 Å². The van der Waals surface area contributed by atoms with Crippen molar-refractivity contribution in [2.45, 2.75) is 37.3 Å². The van der Waals surface area contributed by atoms with Crippen LogP contribution >= 0.6 is 0 Å². The zero-order valence-electron chi connectivity index (χ0n) is 30.0. The average molecular weight is 862 g/mol. The summed E-state index contributed by atoms with van der Waals surface area (Å²) < 4.78 is 217. The number of hydrogen-bond donors (Lipinski definition) is 0. The fourth-order valence-electron chi connectivity index (χ4n) is 8.01. The molecule has 0 spiro atoms. The first kappa shape index (κ1) is 39.8. The fraction of sp³-hybridized carbons (Fsp3) is 0.140. The minimum Gasteiger partial charge on any atom is -0.308 e. The van der Waals surface area contributed by atoms with Crippen molar-refractivity contribution in [3.05, 3.63) is 142 Å². The Hall–Kier alpha value is -6.64. The van der Waals surface area contributed by atoms with Gasteiger partial charge in [-0.05, 0) is 89.8 Å². The maximum Gasteiger partial charge on any atom is 0.416 e. The lowest BCUT2D eigenvalue weighted by atomic mass is 9.96. The Morgan fingerprint density at radius 1 is 0.426 bits per heavy atom. The minimum atomic E-state index is -5.05. The van der Waals surface area contributed by atoms with Crippen molar-refractivity contribution in [1.29, 1.82) is 5.26 Å². The van der Waals surface area contributed by atoms with E-state index in [0.29, 0.717) is 54.6 Å². The largest absolute Gasteiger partial charge is 0.416 e. The molecule has 2 aromatic heterocycles. The molecule has 0 unspecified atom stereocenters. The van der Waals surface area contributed by atoms with Gasteiger partial charge in [0.05, 0.1) is 72.9 Å². The molecule has 6 aromatic carbocycles. The molecule has 0 aliphatic heterocycles. The van der Waals surface area contributed by atoms with E-state index in [1.807, 2.05) is 0 Å². The molecule has 0 amide bonds. The van der Waals surface area contributed by atoms with Crippen LogP contribution < -0.4 is 0 Å². The molecular formula is C43H18F15N3. The Kier molecular flexibility index (Phi) is 8.28. The predicted molar refractivity (Wildman–Crippen MR) is 193 cm³/mol. The average Bonchev–Trinajstić information content (AvgIpc) is 3.78. The van der Waals surface area contributed by atoms with Crippen LogP contribution in [0.3, 0.4) is 0 Å². The van der Waals surface area contributed by atoms with E-state index in [2.05, 4.69) is 0 Å². The molecule has 0 bridgehead atoms. The highest BCUT2D eigenvalue weighted by atomic mass is 19.4. The molecule has 1 aliphatic carbocycles. The molecule has 0 saturated heterocycles. The van der Waals surface area contributed by atoms with Gasteiger partial charge in [-0.1, -0.05) is 30.3 Å². The van der Waals surface area contributed by atoms with Crippen LogP contribution in [0.25, 0.3) is 66.1 Å². The van der Waals surface area contributed by atoms with E-state index >= 15 is 0 Å². The van der Waals surface area contributed by atoms with Crippen LogP contribution in [0.5, 0.6) is 0 Å². The van der Waals surface area contributed by atoms with E-state index in [4.69, 9.17) is 0 Å². The summed E-state index contributed by atoms with van der Waals surface area (Å²) in [4.78, 5) is 0. The summed E-state index contributed by atoms with van der Waals surface area (Å²) in [6.07, 6.45) is -25.4. The van der Waals surface area contributed by atoms with Crippen LogP contribution in [0.15, 0.2) is 97.1 Å². The van der Waals surface area contributed by atoms with Crippen molar-refractivity contribution in [2.24, 2.45) is 0 Å². The van der Waals surface area contributed by atoms with Gasteiger partial charge < -0.3 is 9.13 Å². The zero-order chi connectivity index (χ0) is 43.9. The third-order valence-electron chi connectivity index (χ3n) is 10.7. The maximum absolute atomic E-state index is 14.6. The first-order valence-corrected chi connectivity index (χ1v) is 17.6. The second-order valence-corrected chi connectivity index (χ2v) is 14.4. The fourth-order valence-corrected chi connectivity index (χ4v) is 8.01. The second kappa shape index (κ2) is 12.7. The quantitative estimate of drug-likeness (QED) is 0.163. The van der Waals surface area contributed by atoms with E-state index in [0.717, 1.165) is 45.5 Å². The standard InChI is InChI=1S/C43H18F15N3/c44-39(45,46)22-1-5-26-27-6-2-23(40(47,48)49)15-33(27)60(32(26)14-22)36-9-19(18-59)10-37(38(36)21-11-20-12-30(20)31(13-21)43(56,57)58)61-34-16-24(41(50,51)52)3-7-28(34)29-8-4-25(17-35(29)61)42(53,54)55/h1-11,13-17H,12H2. The lowest BCUT2D eigenvalue weighted by Gasteiger charge is -2.22. The number of halogens is 15. The summed E-state index contributed by atoms with van der Waals surface area (Å²) in [6, 6.07) is 14.3. The van der Waals surface area contributed by atoms with Crippen LogP contribution in [-0.4, -0.2) is 9.13 Å². The number of nitriles is 1. The van der Waals surface area contributed by atoms with Crippen molar-refractivity contribution in [2.75, 3.05) is 0 Å². The topological polar surface area (TPSA) is 33.6 Å². The van der Waals surface area contributed by atoms with Gasteiger partial charge in [-0.25, -0.2) is 0 Å². The number of alkyl halides is 15. The number of rotatable bonds is 3. The van der Waals surface area contributed by atoms with Gasteiger partial charge in [0.15, 0.2) is 0 Å². The Balaban J connectivity index is 1.54. The lowest BCUT2D eigenvalue weighted by Crippen LogP contribution is -2.09. The lowest BCUT2D eigenvalue weighted by molar-refractivity contribution is -0.138. The van der Waals surface area contributed by atoms with Gasteiger partial charge in [0, 0.05) is 27.1 Å². The molecule has 3 nitrogen and oxygen atoms in total. The molecule has 1 aliphatic rings. The van der Waals surface area contributed by atoms with Gasteiger partial charge in [-0.2, -0.15) is 71.1 Å². The molecule has 0 saturated carbocycles. The number of hydrogen-bond acceptors (Lipinski definition) is 1. The highest BCUT2D eigenvalue weighted by Gasteiger charge is 2.41. The smallest absolute Gasteiger partial charge is 0.308 e. The Morgan fingerprint density at radius 3 is 1.07 bits per heavy atom. The van der Waals surface area contributed by atoms with E-state index < -0.39 is 109 Å². The van der Waals surface area contributed by atoms with Crippen molar-refractivity contribution in [1.82, 2.24) is 9.13 Å². The molecule has 0 fully saturated rings. The molecule has 18 heteroatoms. The first-order chi connectivity index (χ1) is 28.3. The predicted octanol–water partition coefficient (Wildman–Crippen LogP) is 14.4. The van der Waals surface area contributed by atoms with E-state index in [-0.39, 0.29) is 39.1 Å². The number of benzene rings is 6. The summed E-state index contributed by atoms with van der Waals surface area (Å²) in [7, 11) is 0. The first-order valence-electron chi connectivity index (χ1n) is 17.6. The van der Waals surface area contributed by atoms with Crippen LogP contribution in [0.1, 0.15) is 44.5 Å². The highest BCUT2D eigenvalue weighted by Crippen LogP contribution is 2.50. The van der Waals surface area contributed by atoms with Crippen molar-refractivity contribution >= 4 is 43.6 Å². The molecule has 61 heavy (non-hydrogen) atoms. The number of aromatic nitrogens is 2. The summed E-state index contributed by atoms with van der Waals surface area (Å²) in [5, 5.41) is 10.1. The molecular weight excluding hydrogens is 843 g/mol. The van der Waals surface area contributed by atoms with Crippen LogP contribution in [0.2, 0.25) is 0 Å². The van der Waals surface area contributed by atoms with E-state index in [1.54, 1.807) is 6.07 Å². The van der Waals surface area contributed by atoms with Gasteiger partial charge in [0.1, 0.15) is 0 Å². The van der Waals surface area contributed by atoms with Gasteiger partial charge in [0.25, 0.3) is 0 Å². The molecule has 9 rings (SSSR count). The van der Waals surface area contributed by atoms with Crippen molar-refractivity contribution < 1.29 is 65.9 Å². The number of nitrogens with zero attached hydrogens (tertiary/aromatic N) is 3. The Bertz CT molecular complexity index is 2900. The third-order valence-corrected chi connectivity index (χ3v) is 10.7. The summed E-state index contributed by atoms with van der Waals surface area (Å²) in [6.45, 7) is 0. The Morgan fingerprint density at radius 2 is 0.770 bits per heavy atom. The maximum atomic E-state index is 14.6. The monoisotopic (exact) mass is 861 g/mol. The summed E-state index contributed by atoms with van der Waals surface area (Å²) in [5.41, 5.74) is -10.6. The van der Waals surface area contributed by atoms with Crippen LogP contribution in [0.4, 0.5) is 65.9 Å². The summed E-state index contributed by atoms with van der Waals surface area (Å²) >= 11 is 0. The molecule has 8 aromatic rings. The molecule has 0 radical (unpaired) electrons. The van der Waals surface area contributed by atoms with Crippen LogP contribution in [0, 0.1) is 11.3 Å². The highest BCUT2D eigenvalue weighted by molar-refractivity contribution is 6.12. The summed E-state index contributed by atoms with van der Waals surface area (Å²) in [5.74, 6) is 0. The van der Waals surface area contributed by atoms with E-state index in [1.165, 1.54) is 6.07 Å². The molecule has 0 atom stereocenters. The second-order valence-electron chi connectivity index (χ2n) is 14.4. The van der Waals surface area contributed by atoms with Gasteiger partial charge in [-0.3, -0.25) is 0 Å².